The molecular weight excluding hydrogens is 478 g/mol. The minimum atomic E-state index is -0.734. The molecule has 5 heterocycles. The van der Waals surface area contributed by atoms with Crippen molar-refractivity contribution in [3.05, 3.63) is 0 Å². The average Bonchev–Trinajstić information content (AvgIpc) is 2.88. The molecule has 8 heteroatoms. The van der Waals surface area contributed by atoms with Crippen LogP contribution in [0.3, 0.4) is 0 Å². The van der Waals surface area contributed by atoms with E-state index in [1.807, 2.05) is 6.92 Å². The molecule has 5 aliphatic heterocycles. The Morgan fingerprint density at radius 2 is 1.42 bits per heavy atom. The molecule has 0 saturated carbocycles. The van der Waals surface area contributed by atoms with Gasteiger partial charge in [0.2, 0.25) is 0 Å². The van der Waals surface area contributed by atoms with E-state index in [4.69, 9.17) is 9.47 Å². The zero-order valence-corrected chi connectivity index (χ0v) is 25.2. The number of piperidine rings is 4. The number of likely N-dealkylation sites (N-methyl/N-ethyl adjacent to an activating group) is 2. The van der Waals surface area contributed by atoms with Crippen LogP contribution in [0.25, 0.3) is 0 Å². The van der Waals surface area contributed by atoms with Crippen LogP contribution in [0.1, 0.15) is 51.9 Å². The summed E-state index contributed by atoms with van der Waals surface area (Å²) in [6.07, 6.45) is 8.53. The van der Waals surface area contributed by atoms with Gasteiger partial charge in [-0.05, 0) is 112 Å². The Morgan fingerprint density at radius 1 is 0.816 bits per heavy atom. The van der Waals surface area contributed by atoms with Crippen LogP contribution in [0.2, 0.25) is 0 Å². The van der Waals surface area contributed by atoms with Crippen molar-refractivity contribution >= 4 is 0 Å². The van der Waals surface area contributed by atoms with Crippen LogP contribution in [-0.2, 0) is 9.47 Å². The normalized spacial score (nSPS) is 38.2. The lowest BCUT2D eigenvalue weighted by molar-refractivity contribution is -0.206. The first kappa shape index (κ1) is 29.2. The SMILES string of the molecule is CN1CCC2(CC1)CCN(CCOCC1CN(C)C(C3CN(C)CC4(CCN(C)CC4)O3)CC1(C)O)CC2. The van der Waals surface area contributed by atoms with Gasteiger partial charge in [-0.1, -0.05) is 0 Å². The van der Waals surface area contributed by atoms with E-state index in [-0.39, 0.29) is 23.7 Å². The van der Waals surface area contributed by atoms with Gasteiger partial charge in [-0.15, -0.1) is 0 Å². The third kappa shape index (κ3) is 6.76. The van der Waals surface area contributed by atoms with Crippen molar-refractivity contribution in [2.24, 2.45) is 11.3 Å². The molecule has 0 bridgehead atoms. The Balaban J connectivity index is 1.06. The van der Waals surface area contributed by atoms with Crippen molar-refractivity contribution in [1.82, 2.24) is 24.5 Å². The summed E-state index contributed by atoms with van der Waals surface area (Å²) in [6, 6.07) is 0.237. The van der Waals surface area contributed by atoms with Crippen LogP contribution < -0.4 is 0 Å². The Morgan fingerprint density at radius 3 is 2.08 bits per heavy atom. The van der Waals surface area contributed by atoms with Crippen molar-refractivity contribution in [3.63, 3.8) is 0 Å². The van der Waals surface area contributed by atoms with E-state index in [0.29, 0.717) is 12.0 Å². The number of hydrogen-bond acceptors (Lipinski definition) is 8. The maximum atomic E-state index is 11.6. The molecule has 4 atom stereocenters. The van der Waals surface area contributed by atoms with Crippen LogP contribution in [0.5, 0.6) is 0 Å². The molecule has 8 nitrogen and oxygen atoms in total. The second kappa shape index (κ2) is 11.9. The molecule has 5 fully saturated rings. The highest BCUT2D eigenvalue weighted by molar-refractivity contribution is 5.02. The molecule has 220 valence electrons. The maximum absolute atomic E-state index is 11.6. The van der Waals surface area contributed by atoms with Gasteiger partial charge in [-0.3, -0.25) is 0 Å². The third-order valence-corrected chi connectivity index (χ3v) is 11.2. The Kier molecular flexibility index (Phi) is 9.13. The average molecular weight is 536 g/mol. The van der Waals surface area contributed by atoms with Crippen molar-refractivity contribution in [3.8, 4) is 0 Å². The number of nitrogens with zero attached hydrogens (tertiary/aromatic N) is 5. The van der Waals surface area contributed by atoms with E-state index >= 15 is 0 Å². The van der Waals surface area contributed by atoms with Crippen molar-refractivity contribution in [2.75, 3.05) is 107 Å². The first-order chi connectivity index (χ1) is 18.1. The molecular formula is C30H57N5O3. The number of aliphatic hydroxyl groups is 1. The molecule has 0 radical (unpaired) electrons. The predicted molar refractivity (Wildman–Crippen MR) is 153 cm³/mol. The summed E-state index contributed by atoms with van der Waals surface area (Å²) in [6.45, 7) is 14.4. The lowest BCUT2D eigenvalue weighted by Crippen LogP contribution is -2.66. The van der Waals surface area contributed by atoms with Crippen LogP contribution in [0, 0.1) is 11.3 Å². The maximum Gasteiger partial charge on any atom is 0.0865 e. The van der Waals surface area contributed by atoms with Crippen molar-refractivity contribution in [1.29, 1.82) is 0 Å². The van der Waals surface area contributed by atoms with Gasteiger partial charge in [0.25, 0.3) is 0 Å². The van der Waals surface area contributed by atoms with Gasteiger partial charge >= 0.3 is 0 Å². The molecule has 0 amide bonds. The Bertz CT molecular complexity index is 755. The largest absolute Gasteiger partial charge is 0.390 e. The summed E-state index contributed by atoms with van der Waals surface area (Å²) >= 11 is 0. The van der Waals surface area contributed by atoms with E-state index < -0.39 is 5.60 Å². The van der Waals surface area contributed by atoms with Crippen LogP contribution in [0.15, 0.2) is 0 Å². The lowest BCUT2D eigenvalue weighted by Gasteiger charge is -2.54. The van der Waals surface area contributed by atoms with E-state index in [0.717, 1.165) is 65.1 Å². The fraction of sp³-hybridized carbons (Fsp3) is 1.00. The standard InChI is InChI=1S/C30H57N5O3/c1-28(36)20-26(27-22-33(4)24-30(38-27)10-14-32(3)15-11-30)34(5)21-25(28)23-37-19-18-35-16-8-29(9-17-35)6-12-31(2)13-7-29/h25-27,36H,6-24H2,1-5H3. The van der Waals surface area contributed by atoms with Gasteiger partial charge in [0, 0.05) is 51.2 Å². The molecule has 0 aromatic rings. The van der Waals surface area contributed by atoms with Crippen LogP contribution in [0.4, 0.5) is 0 Å². The molecule has 38 heavy (non-hydrogen) atoms. The Hall–Kier alpha value is -0.320. The number of morpholine rings is 1. The molecule has 0 aliphatic carbocycles. The highest BCUT2D eigenvalue weighted by Gasteiger charge is 2.49. The topological polar surface area (TPSA) is 54.9 Å². The summed E-state index contributed by atoms with van der Waals surface area (Å²) in [5, 5.41) is 11.6. The van der Waals surface area contributed by atoms with Crippen molar-refractivity contribution in [2.45, 2.75) is 75.2 Å². The van der Waals surface area contributed by atoms with Crippen LogP contribution in [-0.4, -0.2) is 160 Å². The minimum Gasteiger partial charge on any atom is -0.390 e. The quantitative estimate of drug-likeness (QED) is 0.516. The smallest absolute Gasteiger partial charge is 0.0865 e. The minimum absolute atomic E-state index is 0.0295. The summed E-state index contributed by atoms with van der Waals surface area (Å²) in [5.74, 6) is 0.131. The molecule has 5 aliphatic rings. The zero-order valence-electron chi connectivity index (χ0n) is 25.2. The molecule has 1 N–H and O–H groups in total. The summed E-state index contributed by atoms with van der Waals surface area (Å²) in [5.41, 5.74) is -0.157. The fourth-order valence-corrected chi connectivity index (χ4v) is 8.10. The molecule has 5 rings (SSSR count). The van der Waals surface area contributed by atoms with Gasteiger partial charge in [0.05, 0.1) is 30.5 Å². The number of likely N-dealkylation sites (tertiary alicyclic amines) is 4. The van der Waals surface area contributed by atoms with Crippen LogP contribution >= 0.6 is 0 Å². The summed E-state index contributed by atoms with van der Waals surface area (Å²) in [4.78, 5) is 12.4. The summed E-state index contributed by atoms with van der Waals surface area (Å²) < 4.78 is 13.2. The van der Waals surface area contributed by atoms with E-state index in [9.17, 15) is 5.11 Å². The monoisotopic (exact) mass is 535 g/mol. The number of rotatable bonds is 6. The molecule has 5 saturated heterocycles. The highest BCUT2D eigenvalue weighted by atomic mass is 16.5. The predicted octanol–water partition coefficient (Wildman–Crippen LogP) is 1.68. The Labute approximate surface area is 232 Å². The van der Waals surface area contributed by atoms with Gasteiger partial charge in [0.15, 0.2) is 0 Å². The zero-order chi connectivity index (χ0) is 27.0. The summed E-state index contributed by atoms with van der Waals surface area (Å²) in [7, 11) is 8.93. The fourth-order valence-electron chi connectivity index (χ4n) is 8.10. The second-order valence-corrected chi connectivity index (χ2v) is 14.3. The van der Waals surface area contributed by atoms with E-state index in [1.165, 1.54) is 51.9 Å². The number of ether oxygens (including phenoxy) is 2. The van der Waals surface area contributed by atoms with Crippen molar-refractivity contribution < 1.29 is 14.6 Å². The molecule has 0 aromatic heterocycles. The van der Waals surface area contributed by atoms with Gasteiger partial charge in [0.1, 0.15) is 0 Å². The lowest BCUT2D eigenvalue weighted by atomic mass is 9.71. The molecule has 0 aromatic carbocycles. The first-order valence-corrected chi connectivity index (χ1v) is 15.5. The number of hydrogen-bond donors (Lipinski definition) is 1. The van der Waals surface area contributed by atoms with Gasteiger partial charge in [-0.2, -0.15) is 0 Å². The van der Waals surface area contributed by atoms with Gasteiger partial charge in [-0.25, -0.2) is 0 Å². The second-order valence-electron chi connectivity index (χ2n) is 14.3. The first-order valence-electron chi connectivity index (χ1n) is 15.5. The molecule has 2 spiro atoms. The van der Waals surface area contributed by atoms with E-state index in [1.54, 1.807) is 0 Å². The van der Waals surface area contributed by atoms with Gasteiger partial charge < -0.3 is 39.1 Å². The highest BCUT2D eigenvalue weighted by Crippen LogP contribution is 2.41. The third-order valence-electron chi connectivity index (χ3n) is 11.2. The van der Waals surface area contributed by atoms with E-state index in [2.05, 4.69) is 52.7 Å². The molecule has 4 unspecified atom stereocenters.